The Morgan fingerprint density at radius 3 is 2.40 bits per heavy atom. The Balaban J connectivity index is 2.02. The Bertz CT molecular complexity index is 608. The average molecular weight is 308 g/mol. The van der Waals surface area contributed by atoms with Gasteiger partial charge in [0.05, 0.1) is 0 Å². The standard InChI is InChI=1S/C16H15Cl2NO/c1-11-14(3-2-4-15(11)18)16(20)19-10-13-7-5-12(9-17)6-8-13/h2-8H,9-10H2,1H3,(H,19,20). The first kappa shape index (κ1) is 14.9. The first-order valence-electron chi connectivity index (χ1n) is 6.29. The monoisotopic (exact) mass is 307 g/mol. The van der Waals surface area contributed by atoms with Gasteiger partial charge in [0.25, 0.3) is 5.91 Å². The smallest absolute Gasteiger partial charge is 0.251 e. The minimum atomic E-state index is -0.119. The summed E-state index contributed by atoms with van der Waals surface area (Å²) in [5.74, 6) is 0.375. The van der Waals surface area contributed by atoms with E-state index in [4.69, 9.17) is 23.2 Å². The van der Waals surface area contributed by atoms with Crippen molar-refractivity contribution in [2.75, 3.05) is 0 Å². The van der Waals surface area contributed by atoms with Crippen LogP contribution >= 0.6 is 23.2 Å². The Labute approximate surface area is 128 Å². The van der Waals surface area contributed by atoms with Crippen molar-refractivity contribution in [3.05, 3.63) is 69.7 Å². The van der Waals surface area contributed by atoms with Gasteiger partial charge in [-0.1, -0.05) is 41.9 Å². The van der Waals surface area contributed by atoms with E-state index in [0.717, 1.165) is 16.7 Å². The van der Waals surface area contributed by atoms with Crippen LogP contribution in [0.15, 0.2) is 42.5 Å². The SMILES string of the molecule is Cc1c(Cl)cccc1C(=O)NCc1ccc(CCl)cc1. The minimum Gasteiger partial charge on any atom is -0.348 e. The maximum absolute atomic E-state index is 12.1. The normalized spacial score (nSPS) is 10.3. The molecule has 0 aliphatic heterocycles. The Morgan fingerprint density at radius 2 is 1.75 bits per heavy atom. The molecule has 2 aromatic rings. The van der Waals surface area contributed by atoms with Crippen molar-refractivity contribution >= 4 is 29.1 Å². The van der Waals surface area contributed by atoms with E-state index in [2.05, 4.69) is 5.32 Å². The summed E-state index contributed by atoms with van der Waals surface area (Å²) in [6.45, 7) is 2.32. The van der Waals surface area contributed by atoms with E-state index in [1.165, 1.54) is 0 Å². The van der Waals surface area contributed by atoms with E-state index in [1.807, 2.05) is 31.2 Å². The zero-order valence-corrected chi connectivity index (χ0v) is 12.6. The van der Waals surface area contributed by atoms with Crippen molar-refractivity contribution in [3.8, 4) is 0 Å². The predicted molar refractivity (Wildman–Crippen MR) is 83.4 cm³/mol. The lowest BCUT2D eigenvalue weighted by molar-refractivity contribution is 0.0950. The second-order valence-electron chi connectivity index (χ2n) is 4.55. The molecule has 2 nitrogen and oxygen atoms in total. The van der Waals surface area contributed by atoms with Crippen LogP contribution in [-0.2, 0) is 12.4 Å². The molecule has 2 rings (SSSR count). The molecule has 0 radical (unpaired) electrons. The fourth-order valence-corrected chi connectivity index (χ4v) is 2.23. The zero-order valence-electron chi connectivity index (χ0n) is 11.1. The zero-order chi connectivity index (χ0) is 14.5. The molecule has 0 bridgehead atoms. The van der Waals surface area contributed by atoms with E-state index in [-0.39, 0.29) is 5.91 Å². The molecule has 2 aromatic carbocycles. The van der Waals surface area contributed by atoms with Gasteiger partial charge >= 0.3 is 0 Å². The van der Waals surface area contributed by atoms with Crippen LogP contribution in [0.4, 0.5) is 0 Å². The summed E-state index contributed by atoms with van der Waals surface area (Å²) in [7, 11) is 0. The number of hydrogen-bond acceptors (Lipinski definition) is 1. The molecule has 1 N–H and O–H groups in total. The van der Waals surface area contributed by atoms with Gasteiger partial charge in [0.2, 0.25) is 0 Å². The topological polar surface area (TPSA) is 29.1 Å². The lowest BCUT2D eigenvalue weighted by Gasteiger charge is -2.09. The van der Waals surface area contributed by atoms with Gasteiger partial charge in [-0.05, 0) is 35.7 Å². The number of benzene rings is 2. The molecule has 0 saturated heterocycles. The third kappa shape index (κ3) is 3.53. The molecular weight excluding hydrogens is 293 g/mol. The number of hydrogen-bond donors (Lipinski definition) is 1. The minimum absolute atomic E-state index is 0.119. The quantitative estimate of drug-likeness (QED) is 0.838. The molecule has 0 aliphatic carbocycles. The van der Waals surface area contributed by atoms with Crippen LogP contribution in [0.5, 0.6) is 0 Å². The van der Waals surface area contributed by atoms with Crippen molar-refractivity contribution in [1.29, 1.82) is 0 Å². The molecule has 0 unspecified atom stereocenters. The fraction of sp³-hybridized carbons (Fsp3) is 0.188. The van der Waals surface area contributed by atoms with E-state index in [0.29, 0.717) is 23.0 Å². The Kier molecular flexibility index (Phi) is 5.05. The molecule has 0 aromatic heterocycles. The number of carbonyl (C=O) groups excluding carboxylic acids is 1. The predicted octanol–water partition coefficient (Wildman–Crippen LogP) is 4.32. The number of halogens is 2. The average Bonchev–Trinajstić information content (AvgIpc) is 2.48. The second-order valence-corrected chi connectivity index (χ2v) is 5.22. The van der Waals surface area contributed by atoms with Gasteiger partial charge in [-0.15, -0.1) is 11.6 Å². The van der Waals surface area contributed by atoms with Crippen LogP contribution in [0, 0.1) is 6.92 Å². The van der Waals surface area contributed by atoms with E-state index in [9.17, 15) is 4.79 Å². The van der Waals surface area contributed by atoms with Crippen molar-refractivity contribution in [1.82, 2.24) is 5.32 Å². The van der Waals surface area contributed by atoms with Gasteiger partial charge in [0.1, 0.15) is 0 Å². The third-order valence-corrected chi connectivity index (χ3v) is 3.86. The molecule has 0 spiro atoms. The van der Waals surface area contributed by atoms with Crippen LogP contribution in [0.3, 0.4) is 0 Å². The third-order valence-electron chi connectivity index (χ3n) is 3.14. The second kappa shape index (κ2) is 6.78. The highest BCUT2D eigenvalue weighted by Crippen LogP contribution is 2.18. The van der Waals surface area contributed by atoms with Gasteiger partial charge in [0.15, 0.2) is 0 Å². The van der Waals surface area contributed by atoms with E-state index in [1.54, 1.807) is 18.2 Å². The summed E-state index contributed by atoms with van der Waals surface area (Å²) in [6, 6.07) is 13.2. The lowest BCUT2D eigenvalue weighted by atomic mass is 10.1. The van der Waals surface area contributed by atoms with Crippen LogP contribution < -0.4 is 5.32 Å². The molecule has 104 valence electrons. The highest BCUT2D eigenvalue weighted by atomic mass is 35.5. The van der Waals surface area contributed by atoms with Crippen molar-refractivity contribution in [2.24, 2.45) is 0 Å². The lowest BCUT2D eigenvalue weighted by Crippen LogP contribution is -2.23. The van der Waals surface area contributed by atoms with Crippen molar-refractivity contribution in [2.45, 2.75) is 19.3 Å². The van der Waals surface area contributed by atoms with Crippen LogP contribution in [0.2, 0.25) is 5.02 Å². The van der Waals surface area contributed by atoms with E-state index >= 15 is 0 Å². The summed E-state index contributed by atoms with van der Waals surface area (Å²) in [5, 5.41) is 3.49. The number of carbonyl (C=O) groups is 1. The number of amides is 1. The molecule has 4 heteroatoms. The molecule has 0 heterocycles. The fourth-order valence-electron chi connectivity index (χ4n) is 1.88. The first-order valence-corrected chi connectivity index (χ1v) is 7.20. The largest absolute Gasteiger partial charge is 0.348 e. The molecule has 1 amide bonds. The van der Waals surface area contributed by atoms with Crippen molar-refractivity contribution in [3.63, 3.8) is 0 Å². The summed E-state index contributed by atoms with van der Waals surface area (Å²) in [6.07, 6.45) is 0. The van der Waals surface area contributed by atoms with Gasteiger partial charge in [-0.3, -0.25) is 4.79 Å². The Morgan fingerprint density at radius 1 is 1.10 bits per heavy atom. The summed E-state index contributed by atoms with van der Waals surface area (Å²) in [5.41, 5.74) is 3.50. The summed E-state index contributed by atoms with van der Waals surface area (Å²) in [4.78, 5) is 12.1. The maximum atomic E-state index is 12.1. The first-order chi connectivity index (χ1) is 9.61. The molecule has 20 heavy (non-hydrogen) atoms. The highest BCUT2D eigenvalue weighted by Gasteiger charge is 2.10. The van der Waals surface area contributed by atoms with Gasteiger partial charge in [-0.2, -0.15) is 0 Å². The van der Waals surface area contributed by atoms with Gasteiger partial charge < -0.3 is 5.32 Å². The molecule has 0 atom stereocenters. The van der Waals surface area contributed by atoms with Gasteiger partial charge in [-0.25, -0.2) is 0 Å². The molecular formula is C16H15Cl2NO. The molecule has 0 aliphatic rings. The molecule has 0 saturated carbocycles. The maximum Gasteiger partial charge on any atom is 0.251 e. The molecule has 0 fully saturated rings. The van der Waals surface area contributed by atoms with E-state index < -0.39 is 0 Å². The highest BCUT2D eigenvalue weighted by molar-refractivity contribution is 6.31. The van der Waals surface area contributed by atoms with Crippen molar-refractivity contribution < 1.29 is 4.79 Å². The van der Waals surface area contributed by atoms with Crippen LogP contribution in [0.1, 0.15) is 27.0 Å². The van der Waals surface area contributed by atoms with Crippen LogP contribution in [0.25, 0.3) is 0 Å². The number of rotatable bonds is 4. The van der Waals surface area contributed by atoms with Crippen LogP contribution in [-0.4, -0.2) is 5.91 Å². The number of alkyl halides is 1. The summed E-state index contributed by atoms with van der Waals surface area (Å²) < 4.78 is 0. The number of nitrogens with one attached hydrogen (secondary N) is 1. The Hall–Kier alpha value is -1.51. The summed E-state index contributed by atoms with van der Waals surface area (Å²) >= 11 is 11.8. The van der Waals surface area contributed by atoms with Gasteiger partial charge in [0, 0.05) is 23.0 Å².